The van der Waals surface area contributed by atoms with E-state index in [0.29, 0.717) is 17.9 Å². The average Bonchev–Trinajstić information content (AvgIpc) is 2.65. The molecule has 1 aromatic rings. The fourth-order valence-electron chi connectivity index (χ4n) is 2.43. The van der Waals surface area contributed by atoms with E-state index < -0.39 is 11.9 Å². The summed E-state index contributed by atoms with van der Waals surface area (Å²) in [6.07, 6.45) is 0.560. The van der Waals surface area contributed by atoms with E-state index in [9.17, 15) is 14.7 Å². The van der Waals surface area contributed by atoms with E-state index in [1.54, 1.807) is 31.2 Å². The van der Waals surface area contributed by atoms with Crippen LogP contribution in [0.4, 0.5) is 0 Å². The lowest BCUT2D eigenvalue weighted by atomic mass is 10.1. The number of amides is 1. The van der Waals surface area contributed by atoms with Crippen LogP contribution < -0.4 is 9.47 Å². The molecule has 25 heavy (non-hydrogen) atoms. The maximum Gasteiger partial charge on any atom is 0.310 e. The largest absolute Gasteiger partial charge is 0.493 e. The molecule has 2 atom stereocenters. The van der Waals surface area contributed by atoms with Gasteiger partial charge in [0.15, 0.2) is 18.1 Å². The number of hydrogen-bond donors (Lipinski definition) is 1. The zero-order chi connectivity index (χ0) is 18.8. The topological polar surface area (TPSA) is 85.3 Å². The molecule has 0 aliphatic rings. The Morgan fingerprint density at radius 1 is 1.20 bits per heavy atom. The lowest BCUT2D eigenvalue weighted by molar-refractivity contribution is -0.148. The van der Waals surface area contributed by atoms with Crippen molar-refractivity contribution in [1.29, 1.82) is 0 Å². The highest BCUT2D eigenvalue weighted by Gasteiger charge is 2.27. The van der Waals surface area contributed by atoms with Crippen LogP contribution in [0.2, 0.25) is 0 Å². The second-order valence-electron chi connectivity index (χ2n) is 5.65. The van der Waals surface area contributed by atoms with E-state index in [2.05, 4.69) is 0 Å². The van der Waals surface area contributed by atoms with Crippen LogP contribution in [0.5, 0.6) is 11.5 Å². The molecule has 7 nitrogen and oxygen atoms in total. The first-order valence-corrected chi connectivity index (χ1v) is 8.22. The second-order valence-corrected chi connectivity index (χ2v) is 5.65. The van der Waals surface area contributed by atoms with Crippen molar-refractivity contribution in [1.82, 2.24) is 4.90 Å². The number of ether oxygens (including phenoxy) is 3. The summed E-state index contributed by atoms with van der Waals surface area (Å²) in [6.45, 7) is 3.29. The minimum atomic E-state index is -0.499. The smallest absolute Gasteiger partial charge is 0.310 e. The molecule has 1 N–H and O–H groups in total. The van der Waals surface area contributed by atoms with E-state index in [-0.39, 0.29) is 31.7 Å². The van der Waals surface area contributed by atoms with Crippen LogP contribution in [0.15, 0.2) is 24.3 Å². The molecule has 0 spiro atoms. The van der Waals surface area contributed by atoms with Crippen LogP contribution in [-0.4, -0.2) is 61.9 Å². The Morgan fingerprint density at radius 2 is 1.84 bits per heavy atom. The van der Waals surface area contributed by atoms with E-state index in [1.807, 2.05) is 6.92 Å². The third-order valence-corrected chi connectivity index (χ3v) is 3.94. The van der Waals surface area contributed by atoms with Gasteiger partial charge in [0.2, 0.25) is 0 Å². The summed E-state index contributed by atoms with van der Waals surface area (Å²) >= 11 is 0. The molecule has 0 aromatic heterocycles. The molecule has 1 aromatic carbocycles. The summed E-state index contributed by atoms with van der Waals surface area (Å²) in [6, 6.07) is 6.63. The number of rotatable bonds is 10. The standard InChI is InChI=1S/C18H27NO6/c1-5-14(11-20)19(10-13(2)18(22)24-4)17(21)12-25-16-9-7-6-8-15(16)23-3/h6-9,13-14,20H,5,10-12H2,1-4H3. The maximum atomic E-state index is 12.6. The van der Waals surface area contributed by atoms with Gasteiger partial charge in [-0.25, -0.2) is 0 Å². The number of aliphatic hydroxyl groups is 1. The van der Waals surface area contributed by atoms with Gasteiger partial charge in [-0.15, -0.1) is 0 Å². The van der Waals surface area contributed by atoms with Crippen molar-refractivity contribution in [3.63, 3.8) is 0 Å². The molecule has 0 radical (unpaired) electrons. The summed E-state index contributed by atoms with van der Waals surface area (Å²) in [5.74, 6) is -0.241. The molecule has 0 saturated heterocycles. The Bertz CT molecular complexity index is 558. The van der Waals surface area contributed by atoms with Crippen LogP contribution in [-0.2, 0) is 14.3 Å². The van der Waals surface area contributed by atoms with Gasteiger partial charge in [-0.2, -0.15) is 0 Å². The summed E-state index contributed by atoms with van der Waals surface area (Å²) in [5.41, 5.74) is 0. The molecule has 0 heterocycles. The molecule has 0 fully saturated rings. The zero-order valence-electron chi connectivity index (χ0n) is 15.2. The quantitative estimate of drug-likeness (QED) is 0.642. The van der Waals surface area contributed by atoms with Crippen LogP contribution in [0.1, 0.15) is 20.3 Å². The average molecular weight is 353 g/mol. The second kappa shape index (κ2) is 10.6. The monoisotopic (exact) mass is 353 g/mol. The van der Waals surface area contributed by atoms with Gasteiger partial charge in [0.25, 0.3) is 5.91 Å². The SMILES string of the molecule is CCC(CO)N(CC(C)C(=O)OC)C(=O)COc1ccccc1OC. The third-order valence-electron chi connectivity index (χ3n) is 3.94. The summed E-state index contributed by atoms with van der Waals surface area (Å²) in [4.78, 5) is 25.7. The third kappa shape index (κ3) is 5.94. The number of carbonyl (C=O) groups excluding carboxylic acids is 2. The molecule has 1 rings (SSSR count). The fourth-order valence-corrected chi connectivity index (χ4v) is 2.43. The molecule has 0 saturated carbocycles. The normalized spacial score (nSPS) is 12.8. The van der Waals surface area contributed by atoms with Gasteiger partial charge in [0, 0.05) is 6.54 Å². The van der Waals surface area contributed by atoms with Gasteiger partial charge < -0.3 is 24.2 Å². The van der Waals surface area contributed by atoms with Crippen molar-refractivity contribution in [3.8, 4) is 11.5 Å². The van der Waals surface area contributed by atoms with Crippen LogP contribution in [0.3, 0.4) is 0 Å². The zero-order valence-corrected chi connectivity index (χ0v) is 15.2. The lowest BCUT2D eigenvalue weighted by Gasteiger charge is -2.31. The Labute approximate surface area is 148 Å². The molecule has 0 bridgehead atoms. The molecule has 1 amide bonds. The van der Waals surface area contributed by atoms with E-state index in [1.165, 1.54) is 19.1 Å². The predicted octanol–water partition coefficient (Wildman–Crippen LogP) is 1.48. The Balaban J connectivity index is 2.82. The summed E-state index contributed by atoms with van der Waals surface area (Å²) in [5, 5.41) is 9.55. The maximum absolute atomic E-state index is 12.6. The van der Waals surface area contributed by atoms with Crippen LogP contribution >= 0.6 is 0 Å². The first-order chi connectivity index (χ1) is 12.0. The van der Waals surface area contributed by atoms with Gasteiger partial charge in [0.1, 0.15) is 0 Å². The molecule has 0 aliphatic heterocycles. The molecular formula is C18H27NO6. The van der Waals surface area contributed by atoms with Crippen molar-refractivity contribution >= 4 is 11.9 Å². The lowest BCUT2D eigenvalue weighted by Crippen LogP contribution is -2.47. The Kier molecular flexibility index (Phi) is 8.77. The van der Waals surface area contributed by atoms with Gasteiger partial charge in [-0.3, -0.25) is 9.59 Å². The molecule has 2 unspecified atom stereocenters. The van der Waals surface area contributed by atoms with Crippen molar-refractivity contribution in [3.05, 3.63) is 24.3 Å². The molecule has 140 valence electrons. The highest BCUT2D eigenvalue weighted by molar-refractivity contribution is 5.79. The number of hydrogen-bond acceptors (Lipinski definition) is 6. The number of esters is 1. The first kappa shape index (κ1) is 20.8. The number of benzene rings is 1. The van der Waals surface area contributed by atoms with Gasteiger partial charge >= 0.3 is 5.97 Å². The van der Waals surface area contributed by atoms with Crippen molar-refractivity contribution in [2.45, 2.75) is 26.3 Å². The van der Waals surface area contributed by atoms with Crippen LogP contribution in [0, 0.1) is 5.92 Å². The minimum absolute atomic E-state index is 0.153. The van der Waals surface area contributed by atoms with Crippen molar-refractivity contribution in [2.24, 2.45) is 5.92 Å². The van der Waals surface area contributed by atoms with Crippen molar-refractivity contribution < 1.29 is 28.9 Å². The first-order valence-electron chi connectivity index (χ1n) is 8.22. The van der Waals surface area contributed by atoms with Gasteiger partial charge in [-0.05, 0) is 18.6 Å². The summed E-state index contributed by atoms with van der Waals surface area (Å²) < 4.78 is 15.5. The predicted molar refractivity (Wildman–Crippen MR) is 92.5 cm³/mol. The molecule has 7 heteroatoms. The highest BCUT2D eigenvalue weighted by atomic mass is 16.5. The van der Waals surface area contributed by atoms with E-state index >= 15 is 0 Å². The number of nitrogens with zero attached hydrogens (tertiary/aromatic N) is 1. The number of aliphatic hydroxyl groups excluding tert-OH is 1. The minimum Gasteiger partial charge on any atom is -0.493 e. The number of para-hydroxylation sites is 2. The van der Waals surface area contributed by atoms with E-state index in [0.717, 1.165) is 0 Å². The van der Waals surface area contributed by atoms with Crippen LogP contribution in [0.25, 0.3) is 0 Å². The van der Waals surface area contributed by atoms with Crippen molar-refractivity contribution in [2.75, 3.05) is 34.0 Å². The summed E-state index contributed by atoms with van der Waals surface area (Å²) in [7, 11) is 2.83. The molecule has 0 aliphatic carbocycles. The number of carbonyl (C=O) groups is 2. The number of methoxy groups -OCH3 is 2. The Morgan fingerprint density at radius 3 is 2.36 bits per heavy atom. The fraction of sp³-hybridized carbons (Fsp3) is 0.556. The van der Waals surface area contributed by atoms with Gasteiger partial charge in [-0.1, -0.05) is 26.0 Å². The molecular weight excluding hydrogens is 326 g/mol. The Hall–Kier alpha value is -2.28. The van der Waals surface area contributed by atoms with E-state index in [4.69, 9.17) is 14.2 Å². The highest BCUT2D eigenvalue weighted by Crippen LogP contribution is 2.25. The van der Waals surface area contributed by atoms with Gasteiger partial charge in [0.05, 0.1) is 32.8 Å².